The molecule has 4 heteroatoms. The fourth-order valence-electron chi connectivity index (χ4n) is 9.78. The Bertz CT molecular complexity index is 772. The van der Waals surface area contributed by atoms with Gasteiger partial charge in [0.15, 0.2) is 0 Å². The minimum Gasteiger partial charge on any atom is -0.481 e. The molecular weight excluding hydrogens is 424 g/mol. The van der Waals surface area contributed by atoms with Gasteiger partial charge in [-0.05, 0) is 104 Å². The molecule has 2 N–H and O–H groups in total. The van der Waals surface area contributed by atoms with Crippen LogP contribution in [0, 0.1) is 57.2 Å². The van der Waals surface area contributed by atoms with E-state index in [9.17, 15) is 19.8 Å². The molecule has 8 unspecified atom stereocenters. The maximum atomic E-state index is 12.2. The Hall–Kier alpha value is -1.06. The second-order valence-electron chi connectivity index (χ2n) is 14.3. The van der Waals surface area contributed by atoms with Gasteiger partial charge in [-0.25, -0.2) is 0 Å². The highest BCUT2D eigenvalue weighted by molar-refractivity contribution is 5.75. The van der Waals surface area contributed by atoms with E-state index >= 15 is 0 Å². The zero-order chi connectivity index (χ0) is 25.7. The predicted molar refractivity (Wildman–Crippen MR) is 138 cm³/mol. The van der Waals surface area contributed by atoms with Crippen molar-refractivity contribution in [1.29, 1.82) is 0 Å². The van der Waals surface area contributed by atoms with Crippen molar-refractivity contribution in [2.75, 3.05) is 0 Å². The topological polar surface area (TPSA) is 74.6 Å². The van der Waals surface area contributed by atoms with Gasteiger partial charge in [-0.3, -0.25) is 9.59 Å². The minimum absolute atomic E-state index is 0.0807. The van der Waals surface area contributed by atoms with Gasteiger partial charge in [-0.2, -0.15) is 0 Å². The predicted octanol–water partition coefficient (Wildman–Crippen LogP) is 7.90. The highest BCUT2D eigenvalue weighted by Crippen LogP contribution is 2.73. The number of aliphatic carboxylic acids is 2. The molecule has 3 saturated carbocycles. The lowest BCUT2D eigenvalue weighted by Crippen LogP contribution is -2.59. The van der Waals surface area contributed by atoms with Crippen LogP contribution in [-0.2, 0) is 9.59 Å². The number of hydrogen-bond acceptors (Lipinski definition) is 2. The van der Waals surface area contributed by atoms with Crippen molar-refractivity contribution in [1.82, 2.24) is 0 Å². The number of carboxylic acids is 2. The molecule has 3 aliphatic carbocycles. The molecule has 0 spiro atoms. The second-order valence-corrected chi connectivity index (χ2v) is 14.3. The van der Waals surface area contributed by atoms with Crippen molar-refractivity contribution in [2.24, 2.45) is 57.2 Å². The first-order valence-electron chi connectivity index (χ1n) is 14.1. The molecule has 3 fully saturated rings. The van der Waals surface area contributed by atoms with Gasteiger partial charge < -0.3 is 10.2 Å². The molecule has 0 radical (unpaired) electrons. The summed E-state index contributed by atoms with van der Waals surface area (Å²) in [5.41, 5.74) is -0.891. The van der Waals surface area contributed by atoms with E-state index in [2.05, 4.69) is 41.5 Å². The average molecular weight is 477 g/mol. The van der Waals surface area contributed by atoms with Gasteiger partial charge in [-0.1, -0.05) is 60.8 Å². The molecule has 0 heterocycles. The molecule has 0 aliphatic heterocycles. The lowest BCUT2D eigenvalue weighted by Gasteiger charge is -2.65. The zero-order valence-corrected chi connectivity index (χ0v) is 23.2. The molecule has 0 aromatic carbocycles. The average Bonchev–Trinajstić information content (AvgIpc) is 2.98. The summed E-state index contributed by atoms with van der Waals surface area (Å²) in [6.07, 6.45) is 10.6. The molecule has 0 bridgehead atoms. The molecule has 8 atom stereocenters. The second kappa shape index (κ2) is 9.43. The summed E-state index contributed by atoms with van der Waals surface area (Å²) in [5, 5.41) is 20.0. The summed E-state index contributed by atoms with van der Waals surface area (Å²) in [6, 6.07) is 0. The van der Waals surface area contributed by atoms with Gasteiger partial charge in [0.25, 0.3) is 0 Å². The van der Waals surface area contributed by atoms with E-state index in [4.69, 9.17) is 0 Å². The summed E-state index contributed by atoms with van der Waals surface area (Å²) in [5.74, 6) is 1.32. The molecule has 3 aliphatic rings. The van der Waals surface area contributed by atoms with Crippen molar-refractivity contribution in [3.05, 3.63) is 0 Å². The van der Waals surface area contributed by atoms with Crippen LogP contribution in [0.1, 0.15) is 120 Å². The number of carbonyl (C=O) groups is 2. The van der Waals surface area contributed by atoms with E-state index in [1.807, 2.05) is 13.8 Å². The highest BCUT2D eigenvalue weighted by atomic mass is 16.4. The van der Waals surface area contributed by atoms with E-state index in [1.54, 1.807) is 0 Å². The molecule has 3 rings (SSSR count). The Labute approximate surface area is 208 Å². The Morgan fingerprint density at radius 3 is 2.06 bits per heavy atom. The maximum Gasteiger partial charge on any atom is 0.309 e. The van der Waals surface area contributed by atoms with Crippen molar-refractivity contribution in [3.63, 3.8) is 0 Å². The zero-order valence-electron chi connectivity index (χ0n) is 23.2. The fraction of sp³-hybridized carbons (Fsp3) is 0.933. The van der Waals surface area contributed by atoms with Gasteiger partial charge in [0.2, 0.25) is 0 Å². The van der Waals surface area contributed by atoms with Crippen LogP contribution >= 0.6 is 0 Å². The van der Waals surface area contributed by atoms with Crippen molar-refractivity contribution < 1.29 is 19.8 Å². The SMILES string of the molecule is CC(C)CCCC(C)C1CCC2(C)C3CCC(C(C)(C)C(=O)O)C(C)(CC(=O)O)C3CCC12C. The van der Waals surface area contributed by atoms with Gasteiger partial charge in [0.05, 0.1) is 11.8 Å². The summed E-state index contributed by atoms with van der Waals surface area (Å²) in [7, 11) is 0. The standard InChI is InChI=1S/C30H52O4/c1-19(2)10-9-11-20(3)21-14-16-30(8)23-12-13-24(27(4,5)26(33)34)28(6,18-25(31)32)22(23)15-17-29(21,30)7/h19-24H,9-18H2,1-8H3,(H,31,32)(H,33,34). The van der Waals surface area contributed by atoms with E-state index in [0.29, 0.717) is 11.3 Å². The summed E-state index contributed by atoms with van der Waals surface area (Å²) >= 11 is 0. The number of rotatable bonds is 9. The molecule has 0 aromatic heterocycles. The van der Waals surface area contributed by atoms with Crippen LogP contribution in [0.25, 0.3) is 0 Å². The quantitative estimate of drug-likeness (QED) is 0.355. The molecular formula is C30H52O4. The summed E-state index contributed by atoms with van der Waals surface area (Å²) < 4.78 is 0. The van der Waals surface area contributed by atoms with E-state index in [-0.39, 0.29) is 23.7 Å². The number of carboxylic acid groups (broad SMARTS) is 2. The third kappa shape index (κ3) is 4.34. The molecule has 196 valence electrons. The van der Waals surface area contributed by atoms with Crippen LogP contribution in [0.5, 0.6) is 0 Å². The lowest BCUT2D eigenvalue weighted by atomic mass is 9.39. The van der Waals surface area contributed by atoms with Crippen molar-refractivity contribution in [2.45, 2.75) is 120 Å². The molecule has 0 amide bonds. The van der Waals surface area contributed by atoms with Crippen LogP contribution < -0.4 is 0 Å². The van der Waals surface area contributed by atoms with Crippen LogP contribution in [0.15, 0.2) is 0 Å². The Balaban J connectivity index is 1.91. The van der Waals surface area contributed by atoms with Crippen LogP contribution in [0.4, 0.5) is 0 Å². The van der Waals surface area contributed by atoms with Crippen LogP contribution in [0.2, 0.25) is 0 Å². The summed E-state index contributed by atoms with van der Waals surface area (Å²) in [6.45, 7) is 18.0. The smallest absolute Gasteiger partial charge is 0.309 e. The van der Waals surface area contributed by atoms with Crippen molar-refractivity contribution >= 4 is 11.9 Å². The monoisotopic (exact) mass is 476 g/mol. The molecule has 0 aromatic rings. The third-order valence-electron chi connectivity index (χ3n) is 11.9. The van der Waals surface area contributed by atoms with Gasteiger partial charge in [0.1, 0.15) is 0 Å². The first kappa shape index (κ1) is 27.5. The normalized spacial score (nSPS) is 41.1. The molecule has 34 heavy (non-hydrogen) atoms. The molecule has 0 saturated heterocycles. The van der Waals surface area contributed by atoms with Gasteiger partial charge >= 0.3 is 11.9 Å². The first-order valence-corrected chi connectivity index (χ1v) is 14.1. The van der Waals surface area contributed by atoms with Crippen molar-refractivity contribution in [3.8, 4) is 0 Å². The van der Waals surface area contributed by atoms with Crippen LogP contribution in [-0.4, -0.2) is 22.2 Å². The highest BCUT2D eigenvalue weighted by Gasteiger charge is 2.67. The van der Waals surface area contributed by atoms with E-state index in [0.717, 1.165) is 43.4 Å². The Morgan fingerprint density at radius 2 is 1.50 bits per heavy atom. The third-order valence-corrected chi connectivity index (χ3v) is 11.9. The number of fused-ring (bicyclic) bond motifs is 3. The number of hydrogen-bond donors (Lipinski definition) is 2. The maximum absolute atomic E-state index is 12.2. The molecule has 4 nitrogen and oxygen atoms in total. The Kier molecular flexibility index (Phi) is 7.64. The minimum atomic E-state index is -0.917. The van der Waals surface area contributed by atoms with E-state index < -0.39 is 22.8 Å². The van der Waals surface area contributed by atoms with E-state index in [1.165, 1.54) is 32.1 Å². The largest absolute Gasteiger partial charge is 0.481 e. The van der Waals surface area contributed by atoms with Gasteiger partial charge in [0, 0.05) is 0 Å². The van der Waals surface area contributed by atoms with Crippen LogP contribution in [0.3, 0.4) is 0 Å². The van der Waals surface area contributed by atoms with Gasteiger partial charge in [-0.15, -0.1) is 0 Å². The fourth-order valence-corrected chi connectivity index (χ4v) is 9.78. The summed E-state index contributed by atoms with van der Waals surface area (Å²) in [4.78, 5) is 24.4. The first-order chi connectivity index (χ1) is 15.6. The Morgan fingerprint density at radius 1 is 0.882 bits per heavy atom. The lowest BCUT2D eigenvalue weighted by molar-refractivity contribution is -0.186.